The minimum atomic E-state index is -0.982. The van der Waals surface area contributed by atoms with Crippen molar-refractivity contribution in [2.45, 2.75) is 83.6 Å². The highest BCUT2D eigenvalue weighted by atomic mass is 17.3. The van der Waals surface area contributed by atoms with E-state index in [0.29, 0.717) is 5.92 Å². The molecule has 5 aliphatic rings. The summed E-state index contributed by atoms with van der Waals surface area (Å²) in [5.74, 6) is -1.87. The molecule has 0 amide bonds. The second-order valence-corrected chi connectivity index (χ2v) is 9.16. The van der Waals surface area contributed by atoms with E-state index in [4.69, 9.17) is 28.7 Å². The summed E-state index contributed by atoms with van der Waals surface area (Å²) in [6.07, 6.45) is 4.31. The molecule has 1 unspecified atom stereocenters. The summed E-state index contributed by atoms with van der Waals surface area (Å²) in [4.78, 5) is 37.0. The Balaban J connectivity index is 1.77. The van der Waals surface area contributed by atoms with Crippen LogP contribution >= 0.6 is 0 Å². The zero-order chi connectivity index (χ0) is 21.7. The number of carbonyl (C=O) groups excluding carboxylic acids is 2. The number of esters is 2. The Morgan fingerprint density at radius 2 is 1.67 bits per heavy atom. The van der Waals surface area contributed by atoms with Gasteiger partial charge in [0.1, 0.15) is 5.57 Å². The first-order chi connectivity index (χ1) is 14.2. The maximum atomic E-state index is 12.6. The topological polar surface area (TPSA) is 89.5 Å². The fraction of sp³-hybridized carbons (Fsp3) is 0.818. The summed E-state index contributed by atoms with van der Waals surface area (Å²) in [6, 6.07) is 0. The average molecular weight is 424 g/mol. The van der Waals surface area contributed by atoms with Crippen molar-refractivity contribution in [1.29, 1.82) is 0 Å². The SMILES string of the molecule is CCOC(=O)C(=C[C@@]1(C)O[C@H]2O[C@@]3(C)CC[C@H]4[C@H](C)CCC1[C@@]24OO3)C(=O)OCC. The molecule has 8 nitrogen and oxygen atoms in total. The number of hydrogen-bond donors (Lipinski definition) is 0. The van der Waals surface area contributed by atoms with Crippen molar-refractivity contribution in [2.75, 3.05) is 13.2 Å². The molecule has 2 bridgehead atoms. The maximum Gasteiger partial charge on any atom is 0.345 e. The normalized spacial score (nSPS) is 44.0. The minimum absolute atomic E-state index is 0.154. The molecule has 0 aromatic carbocycles. The van der Waals surface area contributed by atoms with Crippen LogP contribution in [0, 0.1) is 17.8 Å². The average Bonchev–Trinajstić information content (AvgIpc) is 2.78. The molecular formula is C22H32O8. The van der Waals surface area contributed by atoms with Crippen LogP contribution < -0.4 is 0 Å². The van der Waals surface area contributed by atoms with Gasteiger partial charge >= 0.3 is 11.9 Å². The van der Waals surface area contributed by atoms with Gasteiger partial charge in [0, 0.05) is 12.3 Å². The van der Waals surface area contributed by atoms with E-state index < -0.39 is 35.2 Å². The first-order valence-electron chi connectivity index (χ1n) is 11.0. The molecule has 0 N–H and O–H groups in total. The number of carbonyl (C=O) groups is 2. The zero-order valence-corrected chi connectivity index (χ0v) is 18.4. The van der Waals surface area contributed by atoms with Crippen molar-refractivity contribution >= 4 is 11.9 Å². The third kappa shape index (κ3) is 3.20. The highest BCUT2D eigenvalue weighted by molar-refractivity contribution is 6.14. The first-order valence-corrected chi connectivity index (χ1v) is 11.0. The molecule has 1 spiro atoms. The molecule has 1 saturated carbocycles. The zero-order valence-electron chi connectivity index (χ0n) is 18.4. The molecule has 0 radical (unpaired) electrons. The molecule has 30 heavy (non-hydrogen) atoms. The molecule has 4 saturated heterocycles. The van der Waals surface area contributed by atoms with E-state index in [1.165, 1.54) is 0 Å². The summed E-state index contributed by atoms with van der Waals surface area (Å²) in [5.41, 5.74) is -1.93. The highest BCUT2D eigenvalue weighted by Gasteiger charge is 2.73. The Morgan fingerprint density at radius 3 is 2.30 bits per heavy atom. The lowest BCUT2D eigenvalue weighted by molar-refractivity contribution is -0.541. The van der Waals surface area contributed by atoms with Gasteiger partial charge in [-0.1, -0.05) is 6.92 Å². The quantitative estimate of drug-likeness (QED) is 0.219. The lowest BCUT2D eigenvalue weighted by atomic mass is 9.59. The smallest absolute Gasteiger partial charge is 0.345 e. The summed E-state index contributed by atoms with van der Waals surface area (Å²) >= 11 is 0. The molecule has 0 aromatic rings. The van der Waals surface area contributed by atoms with Gasteiger partial charge in [-0.25, -0.2) is 19.4 Å². The number of ether oxygens (including phenoxy) is 4. The fourth-order valence-corrected chi connectivity index (χ4v) is 5.79. The van der Waals surface area contributed by atoms with Gasteiger partial charge in [0.05, 0.1) is 18.8 Å². The van der Waals surface area contributed by atoms with Crippen molar-refractivity contribution in [3.05, 3.63) is 11.6 Å². The monoisotopic (exact) mass is 424 g/mol. The molecule has 5 fully saturated rings. The molecular weight excluding hydrogens is 392 g/mol. The third-order valence-electron chi connectivity index (χ3n) is 7.19. The van der Waals surface area contributed by atoms with Crippen LogP contribution in [-0.2, 0) is 38.3 Å². The van der Waals surface area contributed by atoms with Crippen LogP contribution in [0.5, 0.6) is 0 Å². The van der Waals surface area contributed by atoms with Gasteiger partial charge in [-0.15, -0.1) is 0 Å². The van der Waals surface area contributed by atoms with Crippen molar-refractivity contribution in [3.63, 3.8) is 0 Å². The van der Waals surface area contributed by atoms with Crippen molar-refractivity contribution < 1.29 is 38.3 Å². The summed E-state index contributed by atoms with van der Waals surface area (Å²) in [6.45, 7) is 9.64. The predicted octanol–water partition coefficient (Wildman–Crippen LogP) is 3.04. The van der Waals surface area contributed by atoms with Crippen LogP contribution in [0.1, 0.15) is 60.3 Å². The second-order valence-electron chi connectivity index (χ2n) is 9.16. The van der Waals surface area contributed by atoms with E-state index in [2.05, 4.69) is 6.92 Å². The van der Waals surface area contributed by atoms with Crippen LogP contribution in [0.2, 0.25) is 0 Å². The summed E-state index contributed by atoms with van der Waals surface area (Å²) < 4.78 is 22.9. The Bertz CT molecular complexity index is 729. The van der Waals surface area contributed by atoms with Crippen molar-refractivity contribution in [2.24, 2.45) is 17.8 Å². The number of rotatable bonds is 5. The van der Waals surface area contributed by atoms with E-state index in [0.717, 1.165) is 25.7 Å². The highest BCUT2D eigenvalue weighted by Crippen LogP contribution is 2.63. The fourth-order valence-electron chi connectivity index (χ4n) is 5.79. The molecule has 7 atom stereocenters. The summed E-state index contributed by atoms with van der Waals surface area (Å²) in [5, 5.41) is 0. The minimum Gasteiger partial charge on any atom is -0.462 e. The Hall–Kier alpha value is -1.48. The first kappa shape index (κ1) is 21.7. The third-order valence-corrected chi connectivity index (χ3v) is 7.19. The van der Waals surface area contributed by atoms with E-state index in [9.17, 15) is 9.59 Å². The second kappa shape index (κ2) is 7.58. The lowest BCUT2D eigenvalue weighted by Gasteiger charge is -2.50. The summed E-state index contributed by atoms with van der Waals surface area (Å²) in [7, 11) is 0. The Kier molecular flexibility index (Phi) is 5.50. The van der Waals surface area contributed by atoms with Gasteiger partial charge < -0.3 is 18.9 Å². The standard InChI is InChI=1S/C22H32O8/c1-6-25-17(23)14(18(24)26-7-2)12-20(4)16-9-8-13(3)15-10-11-21(5)28-19(27-20)22(15,16)30-29-21/h12-13,15-16,19H,6-11H2,1-5H3/t13-,15+,16?,19+,20-,21-,22-/m1/s1. The van der Waals surface area contributed by atoms with Crippen LogP contribution in [-0.4, -0.2) is 48.4 Å². The molecule has 4 aliphatic heterocycles. The van der Waals surface area contributed by atoms with Crippen LogP contribution in [0.3, 0.4) is 0 Å². The molecule has 1 aliphatic carbocycles. The van der Waals surface area contributed by atoms with Gasteiger partial charge in [0.2, 0.25) is 5.79 Å². The molecule has 168 valence electrons. The van der Waals surface area contributed by atoms with Crippen LogP contribution in [0.4, 0.5) is 0 Å². The molecule has 0 aromatic heterocycles. The number of hydrogen-bond acceptors (Lipinski definition) is 8. The van der Waals surface area contributed by atoms with Crippen molar-refractivity contribution in [1.82, 2.24) is 0 Å². The van der Waals surface area contributed by atoms with Gasteiger partial charge in [0.15, 0.2) is 11.9 Å². The van der Waals surface area contributed by atoms with E-state index in [1.54, 1.807) is 19.9 Å². The molecule has 4 heterocycles. The van der Waals surface area contributed by atoms with Gasteiger partial charge in [-0.05, 0) is 64.9 Å². The molecule has 5 rings (SSSR count). The largest absolute Gasteiger partial charge is 0.462 e. The lowest BCUT2D eigenvalue weighted by Crippen LogP contribution is -2.61. The maximum absolute atomic E-state index is 12.6. The van der Waals surface area contributed by atoms with Gasteiger partial charge in [0.25, 0.3) is 0 Å². The van der Waals surface area contributed by atoms with Crippen molar-refractivity contribution in [3.8, 4) is 0 Å². The van der Waals surface area contributed by atoms with Crippen LogP contribution in [0.25, 0.3) is 0 Å². The van der Waals surface area contributed by atoms with Gasteiger partial charge in [-0.2, -0.15) is 0 Å². The van der Waals surface area contributed by atoms with E-state index in [-0.39, 0.29) is 30.6 Å². The Labute approximate surface area is 177 Å². The molecule has 8 heteroatoms. The Morgan fingerprint density at radius 1 is 1.00 bits per heavy atom. The van der Waals surface area contributed by atoms with E-state index >= 15 is 0 Å². The predicted molar refractivity (Wildman–Crippen MR) is 104 cm³/mol. The van der Waals surface area contributed by atoms with Crippen LogP contribution in [0.15, 0.2) is 11.6 Å². The number of fused-ring (bicyclic) bond motifs is 2. The van der Waals surface area contributed by atoms with Gasteiger partial charge in [-0.3, -0.25) is 0 Å². The van der Waals surface area contributed by atoms with E-state index in [1.807, 2.05) is 13.8 Å².